The van der Waals surface area contributed by atoms with Gasteiger partial charge in [-0.05, 0) is 19.9 Å². The summed E-state index contributed by atoms with van der Waals surface area (Å²) in [5, 5.41) is 4.37. The lowest BCUT2D eigenvalue weighted by molar-refractivity contribution is -0.00871. The van der Waals surface area contributed by atoms with Crippen LogP contribution in [0.1, 0.15) is 36.3 Å². The number of nitrogens with zero attached hydrogens (tertiary/aromatic N) is 2. The first-order chi connectivity index (χ1) is 10.3. The Morgan fingerprint density at radius 3 is 3.10 bits per heavy atom. The number of anilines is 1. The fourth-order valence-corrected chi connectivity index (χ4v) is 4.53. The van der Waals surface area contributed by atoms with E-state index in [0.29, 0.717) is 18.8 Å². The molecule has 2 atom stereocenters. The molecule has 1 saturated carbocycles. The van der Waals surface area contributed by atoms with Crippen LogP contribution in [0.5, 0.6) is 0 Å². The van der Waals surface area contributed by atoms with Gasteiger partial charge in [-0.3, -0.25) is 0 Å². The van der Waals surface area contributed by atoms with Gasteiger partial charge in [0.25, 0.3) is 0 Å². The van der Waals surface area contributed by atoms with Gasteiger partial charge in [0.05, 0.1) is 31.1 Å². The maximum Gasteiger partial charge on any atom is 0.186 e. The summed E-state index contributed by atoms with van der Waals surface area (Å²) in [5.41, 5.74) is 1.07. The summed E-state index contributed by atoms with van der Waals surface area (Å²) in [6, 6.07) is 0.511. The van der Waals surface area contributed by atoms with Crippen LogP contribution in [-0.4, -0.2) is 44.4 Å². The van der Waals surface area contributed by atoms with E-state index in [1.54, 1.807) is 18.4 Å². The van der Waals surface area contributed by atoms with Crippen LogP contribution in [0.4, 0.5) is 5.13 Å². The molecule has 1 aliphatic carbocycles. The molecule has 0 radical (unpaired) electrons. The molecule has 3 rings (SSSR count). The highest BCUT2D eigenvalue weighted by Crippen LogP contribution is 2.35. The maximum absolute atomic E-state index is 5.96. The van der Waals surface area contributed by atoms with Crippen molar-refractivity contribution in [1.82, 2.24) is 10.3 Å². The lowest BCUT2D eigenvalue weighted by Crippen LogP contribution is -2.52. The van der Waals surface area contributed by atoms with Gasteiger partial charge in [0.1, 0.15) is 0 Å². The number of rotatable bonds is 5. The molecule has 1 N–H and O–H groups in total. The fraction of sp³-hybridized carbons (Fsp3) is 0.800. The highest BCUT2D eigenvalue weighted by molar-refractivity contribution is 7.15. The van der Waals surface area contributed by atoms with Gasteiger partial charge in [0.15, 0.2) is 5.13 Å². The lowest BCUT2D eigenvalue weighted by Gasteiger charge is -2.43. The van der Waals surface area contributed by atoms with Gasteiger partial charge in [-0.2, -0.15) is 0 Å². The zero-order valence-corrected chi connectivity index (χ0v) is 13.7. The number of hydrogen-bond donors (Lipinski definition) is 1. The topological polar surface area (TPSA) is 46.6 Å². The van der Waals surface area contributed by atoms with Crippen LogP contribution in [0, 0.1) is 0 Å². The van der Waals surface area contributed by atoms with E-state index in [9.17, 15) is 0 Å². The zero-order chi connectivity index (χ0) is 14.7. The minimum absolute atomic E-state index is 0.398. The third-order valence-corrected chi connectivity index (χ3v) is 5.50. The second-order valence-corrected chi connectivity index (χ2v) is 6.85. The van der Waals surface area contributed by atoms with Gasteiger partial charge in [-0.25, -0.2) is 4.98 Å². The standard InChI is InChI=1S/C15H25N3O2S/c1-16-9-14-11(10-19-2)17-15(21-14)18-7-8-20-13-6-4-3-5-12(13)18/h12-13,16H,3-10H2,1-2H3. The average molecular weight is 311 g/mol. The van der Waals surface area contributed by atoms with Crippen molar-refractivity contribution in [2.45, 2.75) is 51.0 Å². The minimum atomic E-state index is 0.398. The monoisotopic (exact) mass is 311 g/mol. The molecule has 2 fully saturated rings. The number of ether oxygens (including phenoxy) is 2. The number of fused-ring (bicyclic) bond motifs is 1. The van der Waals surface area contributed by atoms with Crippen LogP contribution in [0.25, 0.3) is 0 Å². The first kappa shape index (κ1) is 15.2. The van der Waals surface area contributed by atoms with Crippen molar-refractivity contribution in [3.8, 4) is 0 Å². The normalized spacial score (nSPS) is 25.9. The molecule has 0 spiro atoms. The molecule has 2 unspecified atom stereocenters. The van der Waals surface area contributed by atoms with Gasteiger partial charge in [-0.1, -0.05) is 12.8 Å². The summed E-state index contributed by atoms with van der Waals surface area (Å²) in [6.45, 7) is 3.22. The Hall–Kier alpha value is -0.690. The van der Waals surface area contributed by atoms with Crippen LogP contribution in [0.3, 0.4) is 0 Å². The quantitative estimate of drug-likeness (QED) is 0.903. The Morgan fingerprint density at radius 1 is 1.43 bits per heavy atom. The first-order valence-electron chi connectivity index (χ1n) is 7.84. The van der Waals surface area contributed by atoms with E-state index >= 15 is 0 Å². The van der Waals surface area contributed by atoms with Crippen molar-refractivity contribution in [1.29, 1.82) is 0 Å². The molecule has 0 bridgehead atoms. The molecule has 21 heavy (non-hydrogen) atoms. The second-order valence-electron chi connectivity index (χ2n) is 5.78. The van der Waals surface area contributed by atoms with E-state index in [1.807, 2.05) is 7.05 Å². The largest absolute Gasteiger partial charge is 0.378 e. The summed E-state index contributed by atoms with van der Waals surface area (Å²) < 4.78 is 11.3. The summed E-state index contributed by atoms with van der Waals surface area (Å²) in [4.78, 5) is 8.62. The Morgan fingerprint density at radius 2 is 2.29 bits per heavy atom. The van der Waals surface area contributed by atoms with Crippen molar-refractivity contribution in [2.24, 2.45) is 0 Å². The van der Waals surface area contributed by atoms with Crippen molar-refractivity contribution in [3.63, 3.8) is 0 Å². The number of nitrogens with one attached hydrogen (secondary N) is 1. The van der Waals surface area contributed by atoms with Gasteiger partial charge in [0, 0.05) is 25.1 Å². The van der Waals surface area contributed by atoms with E-state index in [0.717, 1.165) is 30.5 Å². The molecule has 6 heteroatoms. The van der Waals surface area contributed by atoms with Crippen LogP contribution in [-0.2, 0) is 22.6 Å². The van der Waals surface area contributed by atoms with Crippen molar-refractivity contribution in [3.05, 3.63) is 10.6 Å². The number of aromatic nitrogens is 1. The first-order valence-corrected chi connectivity index (χ1v) is 8.65. The molecule has 118 valence electrons. The smallest absolute Gasteiger partial charge is 0.186 e. The summed E-state index contributed by atoms with van der Waals surface area (Å²) in [5.74, 6) is 0. The van der Waals surface area contributed by atoms with Crippen molar-refractivity contribution >= 4 is 16.5 Å². The predicted molar refractivity (Wildman–Crippen MR) is 84.9 cm³/mol. The molecular formula is C15H25N3O2S. The van der Waals surface area contributed by atoms with E-state index < -0.39 is 0 Å². The molecular weight excluding hydrogens is 286 g/mol. The molecule has 1 aromatic heterocycles. The molecule has 1 aromatic rings. The van der Waals surface area contributed by atoms with Crippen LogP contribution in [0.15, 0.2) is 0 Å². The predicted octanol–water partition coefficient (Wildman–Crippen LogP) is 2.16. The van der Waals surface area contributed by atoms with Gasteiger partial charge < -0.3 is 19.7 Å². The zero-order valence-electron chi connectivity index (χ0n) is 12.9. The highest BCUT2D eigenvalue weighted by Gasteiger charge is 2.35. The third-order valence-electron chi connectivity index (χ3n) is 4.36. The molecule has 0 amide bonds. The molecule has 2 aliphatic rings. The fourth-order valence-electron chi connectivity index (χ4n) is 3.37. The van der Waals surface area contributed by atoms with E-state index in [-0.39, 0.29) is 0 Å². The Balaban J connectivity index is 1.82. The van der Waals surface area contributed by atoms with Gasteiger partial charge in [-0.15, -0.1) is 11.3 Å². The van der Waals surface area contributed by atoms with Crippen LogP contribution >= 0.6 is 11.3 Å². The van der Waals surface area contributed by atoms with E-state index in [1.165, 1.54) is 30.6 Å². The van der Waals surface area contributed by atoms with Crippen LogP contribution < -0.4 is 10.2 Å². The Kier molecular flexibility index (Phi) is 5.11. The van der Waals surface area contributed by atoms with E-state index in [2.05, 4.69) is 10.2 Å². The average Bonchev–Trinajstić information content (AvgIpc) is 2.90. The van der Waals surface area contributed by atoms with Crippen LogP contribution in [0.2, 0.25) is 0 Å². The van der Waals surface area contributed by atoms with Gasteiger partial charge in [0.2, 0.25) is 0 Å². The number of morpholine rings is 1. The Labute approximate surface area is 130 Å². The van der Waals surface area contributed by atoms with E-state index in [4.69, 9.17) is 14.5 Å². The van der Waals surface area contributed by atoms with Gasteiger partial charge >= 0.3 is 0 Å². The molecule has 0 aromatic carbocycles. The molecule has 5 nitrogen and oxygen atoms in total. The molecule has 2 heterocycles. The van der Waals surface area contributed by atoms with Crippen molar-refractivity contribution in [2.75, 3.05) is 32.2 Å². The highest BCUT2D eigenvalue weighted by atomic mass is 32.1. The summed E-state index contributed by atoms with van der Waals surface area (Å²) in [6.07, 6.45) is 5.43. The minimum Gasteiger partial charge on any atom is -0.378 e. The lowest BCUT2D eigenvalue weighted by atomic mass is 9.90. The third kappa shape index (κ3) is 3.23. The summed E-state index contributed by atoms with van der Waals surface area (Å²) in [7, 11) is 3.70. The number of hydrogen-bond acceptors (Lipinski definition) is 6. The molecule has 1 saturated heterocycles. The van der Waals surface area contributed by atoms with Crippen molar-refractivity contribution < 1.29 is 9.47 Å². The SMILES string of the molecule is CNCc1sc(N2CCOC3CCCCC32)nc1COC. The number of methoxy groups -OCH3 is 1. The number of thiazole rings is 1. The molecule has 1 aliphatic heterocycles. The Bertz CT molecular complexity index is 440. The summed E-state index contributed by atoms with van der Waals surface area (Å²) >= 11 is 1.80. The second kappa shape index (κ2) is 7.05. The maximum atomic E-state index is 5.96.